The van der Waals surface area contributed by atoms with Gasteiger partial charge in [-0.25, -0.2) is 21.6 Å². The lowest BCUT2D eigenvalue weighted by Crippen LogP contribution is -2.46. The molecule has 1 fully saturated rings. The maximum Gasteiger partial charge on any atom is 0.244 e. The molecule has 0 saturated carbocycles. The average molecular weight is 417 g/mol. The van der Waals surface area contributed by atoms with Crippen molar-refractivity contribution in [1.29, 1.82) is 0 Å². The molecular formula is C13H18Cl2N2O5S2. The van der Waals surface area contributed by atoms with E-state index in [1.807, 2.05) is 0 Å². The van der Waals surface area contributed by atoms with Crippen molar-refractivity contribution < 1.29 is 21.6 Å². The predicted octanol–water partition coefficient (Wildman–Crippen LogP) is 1.70. The fourth-order valence-electron chi connectivity index (χ4n) is 2.52. The van der Waals surface area contributed by atoms with Gasteiger partial charge in [0.2, 0.25) is 20.0 Å². The maximum atomic E-state index is 12.8. The lowest BCUT2D eigenvalue weighted by molar-refractivity contribution is 0.309. The third-order valence-corrected chi connectivity index (χ3v) is 7.08. The molecule has 11 heteroatoms. The number of halogens is 2. The number of rotatable bonds is 5. The Labute approximate surface area is 152 Å². The van der Waals surface area contributed by atoms with Crippen LogP contribution in [0.15, 0.2) is 17.0 Å². The summed E-state index contributed by atoms with van der Waals surface area (Å²) >= 11 is 12.1. The summed E-state index contributed by atoms with van der Waals surface area (Å²) in [6.45, 7) is 0.380. The van der Waals surface area contributed by atoms with E-state index in [1.165, 1.54) is 23.5 Å². The maximum absolute atomic E-state index is 12.8. The smallest absolute Gasteiger partial charge is 0.244 e. The van der Waals surface area contributed by atoms with E-state index in [1.54, 1.807) is 0 Å². The molecule has 24 heavy (non-hydrogen) atoms. The first-order chi connectivity index (χ1) is 11.0. The largest absolute Gasteiger partial charge is 0.495 e. The van der Waals surface area contributed by atoms with Gasteiger partial charge in [-0.2, -0.15) is 4.31 Å². The van der Waals surface area contributed by atoms with Gasteiger partial charge in [0, 0.05) is 25.2 Å². The Morgan fingerprint density at radius 3 is 2.21 bits per heavy atom. The van der Waals surface area contributed by atoms with Crippen LogP contribution in [0.5, 0.6) is 5.75 Å². The Hall–Kier alpha value is -0.580. The molecule has 1 aliphatic heterocycles. The molecule has 0 spiro atoms. The van der Waals surface area contributed by atoms with Gasteiger partial charge in [0.05, 0.1) is 23.4 Å². The van der Waals surface area contributed by atoms with Crippen LogP contribution in [-0.4, -0.2) is 53.6 Å². The Balaban J connectivity index is 2.19. The van der Waals surface area contributed by atoms with Gasteiger partial charge in [-0.3, -0.25) is 0 Å². The molecule has 0 amide bonds. The Morgan fingerprint density at radius 1 is 1.12 bits per heavy atom. The van der Waals surface area contributed by atoms with Crippen molar-refractivity contribution in [2.45, 2.75) is 23.8 Å². The van der Waals surface area contributed by atoms with E-state index in [4.69, 9.17) is 27.9 Å². The minimum absolute atomic E-state index is 0.0210. The quantitative estimate of drug-likeness (QED) is 0.788. The van der Waals surface area contributed by atoms with E-state index in [-0.39, 0.29) is 39.8 Å². The molecule has 1 aliphatic rings. The summed E-state index contributed by atoms with van der Waals surface area (Å²) in [5.41, 5.74) is 0. The minimum Gasteiger partial charge on any atom is -0.495 e. The summed E-state index contributed by atoms with van der Waals surface area (Å²) in [5.74, 6) is 0.289. The van der Waals surface area contributed by atoms with E-state index in [0.717, 1.165) is 6.26 Å². The van der Waals surface area contributed by atoms with Crippen molar-refractivity contribution in [2.75, 3.05) is 26.5 Å². The number of methoxy groups -OCH3 is 1. The van der Waals surface area contributed by atoms with Crippen LogP contribution in [0.1, 0.15) is 12.8 Å². The number of hydrogen-bond donors (Lipinski definition) is 1. The first-order valence-electron chi connectivity index (χ1n) is 7.05. The number of nitrogens with zero attached hydrogens (tertiary/aromatic N) is 1. The zero-order chi connectivity index (χ0) is 18.1. The third kappa shape index (κ3) is 4.53. The fraction of sp³-hybridized carbons (Fsp3) is 0.538. The molecule has 1 N–H and O–H groups in total. The van der Waals surface area contributed by atoms with Crippen LogP contribution < -0.4 is 9.46 Å². The van der Waals surface area contributed by atoms with Gasteiger partial charge >= 0.3 is 0 Å². The minimum atomic E-state index is -3.82. The lowest BCUT2D eigenvalue weighted by Gasteiger charge is -2.31. The molecule has 1 aromatic carbocycles. The van der Waals surface area contributed by atoms with Crippen LogP contribution >= 0.6 is 23.2 Å². The summed E-state index contributed by atoms with van der Waals surface area (Å²) in [6, 6.07) is 2.34. The molecule has 0 aromatic heterocycles. The highest BCUT2D eigenvalue weighted by molar-refractivity contribution is 7.89. The molecule has 0 radical (unpaired) electrons. The monoisotopic (exact) mass is 416 g/mol. The van der Waals surface area contributed by atoms with Crippen molar-refractivity contribution >= 4 is 43.2 Å². The fourth-order valence-corrected chi connectivity index (χ4v) is 5.65. The molecule has 0 unspecified atom stereocenters. The number of hydrogen-bond acceptors (Lipinski definition) is 5. The van der Waals surface area contributed by atoms with Crippen molar-refractivity contribution in [1.82, 2.24) is 9.03 Å². The van der Waals surface area contributed by atoms with Crippen molar-refractivity contribution in [2.24, 2.45) is 0 Å². The van der Waals surface area contributed by atoms with E-state index < -0.39 is 20.0 Å². The molecule has 0 aliphatic carbocycles. The second-order valence-electron chi connectivity index (χ2n) is 5.49. The summed E-state index contributed by atoms with van der Waals surface area (Å²) < 4.78 is 56.8. The Morgan fingerprint density at radius 2 is 1.71 bits per heavy atom. The predicted molar refractivity (Wildman–Crippen MR) is 92.8 cm³/mol. The summed E-state index contributed by atoms with van der Waals surface area (Å²) in [5, 5.41) is 0.168. The number of ether oxygens (including phenoxy) is 1. The van der Waals surface area contributed by atoms with E-state index in [0.29, 0.717) is 12.8 Å². The van der Waals surface area contributed by atoms with Gasteiger partial charge in [-0.05, 0) is 18.9 Å². The third-order valence-electron chi connectivity index (χ3n) is 3.66. The normalized spacial score (nSPS) is 17.8. The number of nitrogens with one attached hydrogen (secondary N) is 1. The molecule has 1 aromatic rings. The van der Waals surface area contributed by atoms with E-state index >= 15 is 0 Å². The topological polar surface area (TPSA) is 92.8 Å². The van der Waals surface area contributed by atoms with Gasteiger partial charge in [-0.15, -0.1) is 0 Å². The molecule has 7 nitrogen and oxygen atoms in total. The van der Waals surface area contributed by atoms with Gasteiger partial charge < -0.3 is 4.74 Å². The molecule has 2 rings (SSSR count). The molecule has 0 bridgehead atoms. The van der Waals surface area contributed by atoms with Crippen LogP contribution in [0.4, 0.5) is 0 Å². The van der Waals surface area contributed by atoms with Crippen molar-refractivity contribution in [3.8, 4) is 5.75 Å². The molecule has 1 heterocycles. The summed E-state index contributed by atoms with van der Waals surface area (Å²) in [4.78, 5) is -0.0931. The van der Waals surface area contributed by atoms with Gasteiger partial charge in [0.25, 0.3) is 0 Å². The zero-order valence-electron chi connectivity index (χ0n) is 13.1. The van der Waals surface area contributed by atoms with Crippen molar-refractivity contribution in [3.63, 3.8) is 0 Å². The van der Waals surface area contributed by atoms with E-state index in [9.17, 15) is 16.8 Å². The first-order valence-corrected chi connectivity index (χ1v) is 11.1. The number of sulfonamides is 2. The molecule has 1 saturated heterocycles. The second kappa shape index (κ2) is 7.35. The second-order valence-corrected chi connectivity index (χ2v) is 9.99. The molecule has 136 valence electrons. The molecule has 0 atom stereocenters. The highest BCUT2D eigenvalue weighted by atomic mass is 35.5. The lowest BCUT2D eigenvalue weighted by atomic mass is 10.1. The van der Waals surface area contributed by atoms with E-state index in [2.05, 4.69) is 4.72 Å². The van der Waals surface area contributed by atoms with Gasteiger partial charge in [0.1, 0.15) is 10.6 Å². The van der Waals surface area contributed by atoms with Crippen LogP contribution in [0.2, 0.25) is 10.0 Å². The SMILES string of the molecule is COc1cc(Cl)c(S(=O)(=O)N2CCC(NS(C)(=O)=O)CC2)cc1Cl. The van der Waals surface area contributed by atoms with Crippen LogP contribution in [0.3, 0.4) is 0 Å². The summed E-state index contributed by atoms with van der Waals surface area (Å²) in [7, 11) is -5.73. The summed E-state index contributed by atoms with van der Waals surface area (Å²) in [6.07, 6.45) is 1.84. The molecular weight excluding hydrogens is 399 g/mol. The highest BCUT2D eigenvalue weighted by Crippen LogP contribution is 2.35. The van der Waals surface area contributed by atoms with Crippen LogP contribution in [-0.2, 0) is 20.0 Å². The van der Waals surface area contributed by atoms with Gasteiger partial charge in [-0.1, -0.05) is 23.2 Å². The van der Waals surface area contributed by atoms with Gasteiger partial charge in [0.15, 0.2) is 0 Å². The Kier molecular flexibility index (Phi) is 6.04. The zero-order valence-corrected chi connectivity index (χ0v) is 16.3. The first kappa shape index (κ1) is 19.7. The van der Waals surface area contributed by atoms with Crippen LogP contribution in [0.25, 0.3) is 0 Å². The standard InChI is InChI=1S/C13H18Cl2N2O5S2/c1-22-12-7-11(15)13(8-10(12)14)24(20,21)17-5-3-9(4-6-17)16-23(2,18)19/h7-9,16H,3-6H2,1-2H3. The highest BCUT2D eigenvalue weighted by Gasteiger charge is 2.32. The van der Waals surface area contributed by atoms with Crippen molar-refractivity contribution in [3.05, 3.63) is 22.2 Å². The van der Waals surface area contributed by atoms with Crippen LogP contribution in [0, 0.1) is 0 Å². The number of piperidine rings is 1. The average Bonchev–Trinajstić information content (AvgIpc) is 2.48. The number of benzene rings is 1. The Bertz CT molecular complexity index is 819.